The van der Waals surface area contributed by atoms with E-state index in [0.717, 1.165) is 16.7 Å². The van der Waals surface area contributed by atoms with Crippen LogP contribution in [-0.2, 0) is 11.8 Å². The average Bonchev–Trinajstić information content (AvgIpc) is 2.48. The van der Waals surface area contributed by atoms with Crippen LogP contribution in [0.3, 0.4) is 0 Å². The Kier molecular flexibility index (Phi) is 5.29. The Morgan fingerprint density at radius 3 is 2.33 bits per heavy atom. The summed E-state index contributed by atoms with van der Waals surface area (Å²) in [5.74, 6) is 0.573. The molecule has 0 radical (unpaired) electrons. The number of alkyl halides is 2. The number of hydrogen-bond acceptors (Lipinski definition) is 0. The van der Waals surface area contributed by atoms with E-state index in [0.29, 0.717) is 18.2 Å². The van der Waals surface area contributed by atoms with Crippen LogP contribution in [0.15, 0.2) is 42.5 Å². The van der Waals surface area contributed by atoms with Gasteiger partial charge < -0.3 is 0 Å². The summed E-state index contributed by atoms with van der Waals surface area (Å²) in [6, 6.07) is 13.1. The second-order valence-corrected chi connectivity index (χ2v) is 6.20. The van der Waals surface area contributed by atoms with Crippen LogP contribution in [0.5, 0.6) is 0 Å². The lowest BCUT2D eigenvalue weighted by molar-refractivity contribution is 0.531. The van der Waals surface area contributed by atoms with E-state index in [9.17, 15) is 4.39 Å². The van der Waals surface area contributed by atoms with Crippen LogP contribution in [0.1, 0.15) is 22.3 Å². The minimum Gasteiger partial charge on any atom is -0.207 e. The summed E-state index contributed by atoms with van der Waals surface area (Å²) in [7, 11) is 0. The van der Waals surface area contributed by atoms with Gasteiger partial charge in [0.15, 0.2) is 0 Å². The number of aryl methyl sites for hydroxylation is 2. The molecule has 0 heterocycles. The van der Waals surface area contributed by atoms with Crippen LogP contribution >= 0.6 is 23.2 Å². The highest BCUT2D eigenvalue weighted by atomic mass is 35.5. The molecule has 2 aromatic rings. The molecule has 0 aliphatic rings. The third kappa shape index (κ3) is 3.59. The van der Waals surface area contributed by atoms with Crippen molar-refractivity contribution in [3.8, 4) is 0 Å². The SMILES string of the molecule is Cc1cccc(C(CCl)(CCl)Cc2cc(F)ccc2C)c1. The van der Waals surface area contributed by atoms with Gasteiger partial charge in [-0.25, -0.2) is 4.39 Å². The summed E-state index contributed by atoms with van der Waals surface area (Å²) in [6.07, 6.45) is 0.632. The number of benzene rings is 2. The zero-order valence-corrected chi connectivity index (χ0v) is 13.8. The van der Waals surface area contributed by atoms with Gasteiger partial charge >= 0.3 is 0 Å². The van der Waals surface area contributed by atoms with Gasteiger partial charge in [0.05, 0.1) is 0 Å². The second-order valence-electron chi connectivity index (χ2n) is 5.66. The van der Waals surface area contributed by atoms with Crippen LogP contribution in [0, 0.1) is 19.7 Å². The maximum Gasteiger partial charge on any atom is 0.123 e. The van der Waals surface area contributed by atoms with Crippen molar-refractivity contribution in [3.05, 3.63) is 70.5 Å². The molecule has 0 unspecified atom stereocenters. The standard InChI is InChI=1S/C18H19Cl2F/c1-13-4-3-5-16(8-13)18(11-19,12-20)10-15-9-17(21)7-6-14(15)2/h3-9H,10-12H2,1-2H3. The summed E-state index contributed by atoms with van der Waals surface area (Å²) >= 11 is 12.6. The molecule has 21 heavy (non-hydrogen) atoms. The molecule has 2 aromatic carbocycles. The molecule has 0 saturated heterocycles. The zero-order chi connectivity index (χ0) is 15.5. The Labute approximate surface area is 135 Å². The van der Waals surface area contributed by atoms with Gasteiger partial charge in [-0.05, 0) is 49.1 Å². The molecular weight excluding hydrogens is 306 g/mol. The van der Waals surface area contributed by atoms with Crippen molar-refractivity contribution in [2.24, 2.45) is 0 Å². The predicted molar refractivity (Wildman–Crippen MR) is 89.1 cm³/mol. The van der Waals surface area contributed by atoms with Crippen LogP contribution in [-0.4, -0.2) is 11.8 Å². The highest BCUT2D eigenvalue weighted by Gasteiger charge is 2.31. The van der Waals surface area contributed by atoms with Crippen molar-refractivity contribution in [1.29, 1.82) is 0 Å². The van der Waals surface area contributed by atoms with E-state index in [2.05, 4.69) is 6.07 Å². The Morgan fingerprint density at radius 2 is 1.71 bits per heavy atom. The molecule has 0 aliphatic carbocycles. The van der Waals surface area contributed by atoms with Crippen molar-refractivity contribution in [3.63, 3.8) is 0 Å². The largest absolute Gasteiger partial charge is 0.207 e. The molecule has 0 aliphatic heterocycles. The molecule has 3 heteroatoms. The number of rotatable bonds is 5. The van der Waals surface area contributed by atoms with E-state index in [1.807, 2.05) is 32.0 Å². The third-order valence-corrected chi connectivity index (χ3v) is 5.01. The molecule has 0 spiro atoms. The van der Waals surface area contributed by atoms with Gasteiger partial charge in [0, 0.05) is 17.2 Å². The van der Waals surface area contributed by atoms with Crippen molar-refractivity contribution in [2.75, 3.05) is 11.8 Å². The maximum absolute atomic E-state index is 13.5. The predicted octanol–water partition coefficient (Wildman–Crippen LogP) is 5.40. The first-order valence-electron chi connectivity index (χ1n) is 6.95. The summed E-state index contributed by atoms with van der Waals surface area (Å²) in [6.45, 7) is 4.03. The van der Waals surface area contributed by atoms with E-state index in [4.69, 9.17) is 23.2 Å². The molecule has 0 aromatic heterocycles. The van der Waals surface area contributed by atoms with E-state index >= 15 is 0 Å². The molecule has 2 rings (SSSR count). The lowest BCUT2D eigenvalue weighted by atomic mass is 9.77. The van der Waals surface area contributed by atoms with Crippen molar-refractivity contribution < 1.29 is 4.39 Å². The van der Waals surface area contributed by atoms with Crippen LogP contribution in [0.25, 0.3) is 0 Å². The fourth-order valence-corrected chi connectivity index (χ4v) is 3.34. The molecule has 0 nitrogen and oxygen atoms in total. The highest BCUT2D eigenvalue weighted by Crippen LogP contribution is 2.33. The normalized spacial score (nSPS) is 11.7. The monoisotopic (exact) mass is 324 g/mol. The van der Waals surface area contributed by atoms with Crippen molar-refractivity contribution >= 4 is 23.2 Å². The van der Waals surface area contributed by atoms with Crippen LogP contribution in [0.4, 0.5) is 4.39 Å². The molecule has 0 N–H and O–H groups in total. The molecule has 112 valence electrons. The Bertz CT molecular complexity index is 618. The first-order valence-corrected chi connectivity index (χ1v) is 8.02. The van der Waals surface area contributed by atoms with Gasteiger partial charge in [0.25, 0.3) is 0 Å². The smallest absolute Gasteiger partial charge is 0.123 e. The molecule has 0 atom stereocenters. The minimum absolute atomic E-state index is 0.224. The average molecular weight is 325 g/mol. The summed E-state index contributed by atoms with van der Waals surface area (Å²) in [5.41, 5.74) is 3.91. The molecule has 0 bridgehead atoms. The van der Waals surface area contributed by atoms with E-state index in [1.165, 1.54) is 11.6 Å². The molecular formula is C18H19Cl2F. The lowest BCUT2D eigenvalue weighted by Gasteiger charge is -2.31. The Hall–Kier alpha value is -1.05. The van der Waals surface area contributed by atoms with Gasteiger partial charge in [-0.2, -0.15) is 0 Å². The fourth-order valence-electron chi connectivity index (χ4n) is 2.56. The molecule has 0 saturated carbocycles. The molecule has 0 amide bonds. The van der Waals surface area contributed by atoms with Crippen molar-refractivity contribution in [1.82, 2.24) is 0 Å². The van der Waals surface area contributed by atoms with Crippen LogP contribution in [0.2, 0.25) is 0 Å². The summed E-state index contributed by atoms with van der Waals surface area (Å²) < 4.78 is 13.5. The van der Waals surface area contributed by atoms with Gasteiger partial charge in [-0.15, -0.1) is 23.2 Å². The van der Waals surface area contributed by atoms with E-state index < -0.39 is 0 Å². The van der Waals surface area contributed by atoms with Gasteiger partial charge in [-0.3, -0.25) is 0 Å². The number of halogens is 3. The van der Waals surface area contributed by atoms with Crippen LogP contribution < -0.4 is 0 Å². The first kappa shape index (κ1) is 16.3. The lowest BCUT2D eigenvalue weighted by Crippen LogP contribution is -2.33. The van der Waals surface area contributed by atoms with E-state index in [-0.39, 0.29) is 11.2 Å². The van der Waals surface area contributed by atoms with Gasteiger partial charge in [-0.1, -0.05) is 35.9 Å². The zero-order valence-electron chi connectivity index (χ0n) is 12.3. The quantitative estimate of drug-likeness (QED) is 0.646. The van der Waals surface area contributed by atoms with Gasteiger partial charge in [0.2, 0.25) is 0 Å². The van der Waals surface area contributed by atoms with E-state index in [1.54, 1.807) is 12.1 Å². The Balaban J connectivity index is 2.45. The summed E-state index contributed by atoms with van der Waals surface area (Å²) in [4.78, 5) is 0. The summed E-state index contributed by atoms with van der Waals surface area (Å²) in [5, 5.41) is 0. The van der Waals surface area contributed by atoms with Gasteiger partial charge in [0.1, 0.15) is 5.82 Å². The topological polar surface area (TPSA) is 0 Å². The Morgan fingerprint density at radius 1 is 1.00 bits per heavy atom. The first-order chi connectivity index (χ1) is 10.0. The minimum atomic E-state index is -0.381. The fraction of sp³-hybridized carbons (Fsp3) is 0.333. The van der Waals surface area contributed by atoms with Crippen molar-refractivity contribution in [2.45, 2.75) is 25.7 Å². The third-order valence-electron chi connectivity index (χ3n) is 3.98. The maximum atomic E-state index is 13.5. The second kappa shape index (κ2) is 6.81. The highest BCUT2D eigenvalue weighted by molar-refractivity contribution is 6.22. The molecule has 0 fully saturated rings. The number of hydrogen-bond donors (Lipinski definition) is 0.